The lowest BCUT2D eigenvalue weighted by Crippen LogP contribution is -2.32. The maximum Gasteiger partial charge on any atom is 0.0124 e. The molecule has 0 spiro atoms. The van der Waals surface area contributed by atoms with Crippen molar-refractivity contribution in [1.82, 2.24) is 4.90 Å². The van der Waals surface area contributed by atoms with Gasteiger partial charge in [0.15, 0.2) is 0 Å². The van der Waals surface area contributed by atoms with Gasteiger partial charge in [-0.15, -0.1) is 0 Å². The number of hydrogen-bond acceptors (Lipinski definition) is 1. The van der Waals surface area contributed by atoms with Gasteiger partial charge in [0.1, 0.15) is 0 Å². The number of likely N-dealkylation sites (tertiary alicyclic amines) is 1. The third kappa shape index (κ3) is 2.46. The molecule has 1 atom stereocenters. The van der Waals surface area contributed by atoms with Gasteiger partial charge in [-0.05, 0) is 57.0 Å². The van der Waals surface area contributed by atoms with E-state index in [1.54, 1.807) is 0 Å². The number of hydrogen-bond donors (Lipinski definition) is 0. The second-order valence-corrected chi connectivity index (χ2v) is 5.27. The summed E-state index contributed by atoms with van der Waals surface area (Å²) in [7, 11) is 0. The fourth-order valence-corrected chi connectivity index (χ4v) is 2.57. The van der Waals surface area contributed by atoms with Crippen LogP contribution in [0, 0.1) is 11.8 Å². The molecular weight excluding hydrogens is 158 g/mol. The molecule has 1 heteroatoms. The molecule has 1 heterocycles. The molecule has 0 radical (unpaired) electrons. The van der Waals surface area contributed by atoms with Gasteiger partial charge in [-0.2, -0.15) is 0 Å². The first-order valence-electron chi connectivity index (χ1n) is 6.01. The molecule has 0 aromatic heterocycles. The van der Waals surface area contributed by atoms with Crippen LogP contribution in [-0.2, 0) is 0 Å². The van der Waals surface area contributed by atoms with Crippen LogP contribution in [0.15, 0.2) is 0 Å². The molecule has 13 heavy (non-hydrogen) atoms. The molecule has 2 aliphatic rings. The van der Waals surface area contributed by atoms with Crippen LogP contribution in [0.4, 0.5) is 0 Å². The van der Waals surface area contributed by atoms with Gasteiger partial charge >= 0.3 is 0 Å². The fraction of sp³-hybridized carbons (Fsp3) is 1.00. The van der Waals surface area contributed by atoms with E-state index < -0.39 is 0 Å². The minimum atomic E-state index is 0.875. The Morgan fingerprint density at radius 3 is 2.62 bits per heavy atom. The van der Waals surface area contributed by atoms with E-state index in [1.165, 1.54) is 45.2 Å². The smallest absolute Gasteiger partial charge is 0.0124 e. The second kappa shape index (κ2) is 4.00. The standard InChI is InChI=1S/C12H23N/c1-10(2)7-9-13-8-3-4-12(13)11-5-6-11/h10-12H,3-9H2,1-2H3. The maximum absolute atomic E-state index is 2.76. The van der Waals surface area contributed by atoms with E-state index in [1.807, 2.05) is 0 Å². The molecular formula is C12H23N. The molecule has 1 unspecified atom stereocenters. The van der Waals surface area contributed by atoms with E-state index in [2.05, 4.69) is 18.7 Å². The lowest BCUT2D eigenvalue weighted by molar-refractivity contribution is 0.220. The minimum absolute atomic E-state index is 0.875. The van der Waals surface area contributed by atoms with Crippen molar-refractivity contribution in [2.45, 2.75) is 52.0 Å². The zero-order valence-electron chi connectivity index (χ0n) is 9.13. The van der Waals surface area contributed by atoms with Crippen molar-refractivity contribution in [3.05, 3.63) is 0 Å². The van der Waals surface area contributed by atoms with Crippen molar-refractivity contribution in [3.8, 4) is 0 Å². The number of rotatable bonds is 4. The van der Waals surface area contributed by atoms with Crippen LogP contribution in [0.3, 0.4) is 0 Å². The Balaban J connectivity index is 1.76. The van der Waals surface area contributed by atoms with Gasteiger partial charge in [-0.25, -0.2) is 0 Å². The Labute approximate surface area is 82.5 Å². The molecule has 2 rings (SSSR count). The molecule has 0 bridgehead atoms. The summed E-state index contributed by atoms with van der Waals surface area (Å²) in [6.45, 7) is 7.41. The predicted octanol–water partition coefficient (Wildman–Crippen LogP) is 2.91. The molecule has 2 fully saturated rings. The first-order valence-corrected chi connectivity index (χ1v) is 6.01. The maximum atomic E-state index is 2.76. The highest BCUT2D eigenvalue weighted by Crippen LogP contribution is 2.40. The van der Waals surface area contributed by atoms with Crippen LogP contribution in [-0.4, -0.2) is 24.0 Å². The topological polar surface area (TPSA) is 3.24 Å². The van der Waals surface area contributed by atoms with Crippen LogP contribution < -0.4 is 0 Å². The van der Waals surface area contributed by atoms with E-state index in [-0.39, 0.29) is 0 Å². The Morgan fingerprint density at radius 2 is 2.00 bits per heavy atom. The summed E-state index contributed by atoms with van der Waals surface area (Å²) in [5, 5.41) is 0. The predicted molar refractivity (Wildman–Crippen MR) is 56.8 cm³/mol. The SMILES string of the molecule is CC(C)CCN1CCCC1C1CC1. The average molecular weight is 181 g/mol. The molecule has 1 saturated heterocycles. The summed E-state index contributed by atoms with van der Waals surface area (Å²) in [6, 6.07) is 0.985. The molecule has 0 amide bonds. The molecule has 76 valence electrons. The van der Waals surface area contributed by atoms with Crippen molar-refractivity contribution >= 4 is 0 Å². The van der Waals surface area contributed by atoms with Gasteiger partial charge in [0.05, 0.1) is 0 Å². The van der Waals surface area contributed by atoms with Gasteiger partial charge in [-0.3, -0.25) is 0 Å². The van der Waals surface area contributed by atoms with Crippen LogP contribution >= 0.6 is 0 Å². The number of nitrogens with zero attached hydrogens (tertiary/aromatic N) is 1. The molecule has 1 aliphatic heterocycles. The summed E-state index contributed by atoms with van der Waals surface area (Å²) in [5.74, 6) is 1.97. The quantitative estimate of drug-likeness (QED) is 0.644. The van der Waals surface area contributed by atoms with Gasteiger partial charge < -0.3 is 4.90 Å². The van der Waals surface area contributed by atoms with Crippen molar-refractivity contribution in [2.24, 2.45) is 11.8 Å². The van der Waals surface area contributed by atoms with Crippen LogP contribution in [0.1, 0.15) is 46.0 Å². The van der Waals surface area contributed by atoms with Crippen LogP contribution in [0.25, 0.3) is 0 Å². The fourth-order valence-electron chi connectivity index (χ4n) is 2.57. The van der Waals surface area contributed by atoms with Crippen molar-refractivity contribution in [2.75, 3.05) is 13.1 Å². The van der Waals surface area contributed by atoms with Crippen molar-refractivity contribution in [1.29, 1.82) is 0 Å². The highest BCUT2D eigenvalue weighted by Gasteiger charge is 2.37. The Bertz CT molecular complexity index is 161. The molecule has 1 nitrogen and oxygen atoms in total. The third-order valence-corrected chi connectivity index (χ3v) is 3.57. The monoisotopic (exact) mass is 181 g/mol. The highest BCUT2D eigenvalue weighted by atomic mass is 15.2. The highest BCUT2D eigenvalue weighted by molar-refractivity contribution is 4.91. The summed E-state index contributed by atoms with van der Waals surface area (Å²) in [4.78, 5) is 2.76. The van der Waals surface area contributed by atoms with E-state index in [4.69, 9.17) is 0 Å². The van der Waals surface area contributed by atoms with Crippen molar-refractivity contribution in [3.63, 3.8) is 0 Å². The van der Waals surface area contributed by atoms with E-state index in [9.17, 15) is 0 Å². The summed E-state index contributed by atoms with van der Waals surface area (Å²) < 4.78 is 0. The van der Waals surface area contributed by atoms with Gasteiger partial charge in [-0.1, -0.05) is 13.8 Å². The van der Waals surface area contributed by atoms with Crippen molar-refractivity contribution < 1.29 is 0 Å². The largest absolute Gasteiger partial charge is 0.300 e. The molecule has 0 N–H and O–H groups in total. The van der Waals surface area contributed by atoms with E-state index in [0.29, 0.717) is 0 Å². The molecule has 1 aliphatic carbocycles. The minimum Gasteiger partial charge on any atom is -0.300 e. The zero-order chi connectivity index (χ0) is 9.26. The first kappa shape index (κ1) is 9.51. The van der Waals surface area contributed by atoms with Crippen LogP contribution in [0.5, 0.6) is 0 Å². The summed E-state index contributed by atoms with van der Waals surface area (Å²) >= 11 is 0. The van der Waals surface area contributed by atoms with E-state index >= 15 is 0 Å². The normalized spacial score (nSPS) is 30.2. The van der Waals surface area contributed by atoms with Gasteiger partial charge in [0, 0.05) is 6.04 Å². The Morgan fingerprint density at radius 1 is 1.23 bits per heavy atom. The Hall–Kier alpha value is -0.0400. The van der Waals surface area contributed by atoms with Crippen LogP contribution in [0.2, 0.25) is 0 Å². The summed E-state index contributed by atoms with van der Waals surface area (Å²) in [5.41, 5.74) is 0. The van der Waals surface area contributed by atoms with Gasteiger partial charge in [0.2, 0.25) is 0 Å². The molecule has 0 aromatic carbocycles. The third-order valence-electron chi connectivity index (χ3n) is 3.57. The lowest BCUT2D eigenvalue weighted by Gasteiger charge is -2.24. The molecule has 0 aromatic rings. The lowest BCUT2D eigenvalue weighted by atomic mass is 10.1. The first-order chi connectivity index (χ1) is 6.27. The zero-order valence-corrected chi connectivity index (χ0v) is 9.13. The van der Waals surface area contributed by atoms with E-state index in [0.717, 1.165) is 17.9 Å². The molecule has 1 saturated carbocycles. The second-order valence-electron chi connectivity index (χ2n) is 5.27. The average Bonchev–Trinajstić information content (AvgIpc) is 2.82. The Kier molecular flexibility index (Phi) is 2.92. The van der Waals surface area contributed by atoms with Gasteiger partial charge in [0.25, 0.3) is 0 Å². The summed E-state index contributed by atoms with van der Waals surface area (Å²) in [6.07, 6.45) is 7.37.